The Labute approximate surface area is 164 Å². The average molecular weight is 379 g/mol. The van der Waals surface area contributed by atoms with Crippen LogP contribution in [0.2, 0.25) is 0 Å². The molecule has 0 saturated heterocycles. The summed E-state index contributed by atoms with van der Waals surface area (Å²) in [6.07, 6.45) is 7.61. The highest BCUT2D eigenvalue weighted by Gasteiger charge is 2.25. The molecule has 1 aliphatic heterocycles. The summed E-state index contributed by atoms with van der Waals surface area (Å²) < 4.78 is 9.59. The van der Waals surface area contributed by atoms with E-state index in [0.29, 0.717) is 26.0 Å². The van der Waals surface area contributed by atoms with Gasteiger partial charge in [-0.15, -0.1) is 0 Å². The molecule has 1 amide bonds. The van der Waals surface area contributed by atoms with Crippen molar-refractivity contribution in [2.45, 2.75) is 31.9 Å². The Bertz CT molecular complexity index is 931. The fourth-order valence-electron chi connectivity index (χ4n) is 3.49. The third-order valence-corrected chi connectivity index (χ3v) is 4.94. The maximum absolute atomic E-state index is 12.2. The molecule has 2 aromatic heterocycles. The van der Waals surface area contributed by atoms with E-state index in [9.17, 15) is 4.79 Å². The first-order valence-corrected chi connectivity index (χ1v) is 9.63. The fourth-order valence-corrected chi connectivity index (χ4v) is 3.49. The van der Waals surface area contributed by atoms with E-state index in [1.807, 2.05) is 36.1 Å². The number of benzene rings is 1. The van der Waals surface area contributed by atoms with Gasteiger partial charge in [0.15, 0.2) is 0 Å². The molecule has 0 aliphatic carbocycles. The predicted molar refractivity (Wildman–Crippen MR) is 105 cm³/mol. The Hall–Kier alpha value is -2.93. The topological polar surface area (TPSA) is 74.0 Å². The number of rotatable bonds is 7. The van der Waals surface area contributed by atoms with Crippen LogP contribution in [0.5, 0.6) is 0 Å². The smallest absolute Gasteiger partial charge is 0.220 e. The molecule has 146 valence electrons. The van der Waals surface area contributed by atoms with Crippen LogP contribution in [0.4, 0.5) is 0 Å². The highest BCUT2D eigenvalue weighted by atomic mass is 16.5. The van der Waals surface area contributed by atoms with Gasteiger partial charge in [0.2, 0.25) is 5.91 Å². The van der Waals surface area contributed by atoms with Crippen molar-refractivity contribution in [1.29, 1.82) is 0 Å². The summed E-state index contributed by atoms with van der Waals surface area (Å²) >= 11 is 0. The number of aryl methyl sites for hydroxylation is 2. The van der Waals surface area contributed by atoms with Crippen molar-refractivity contribution in [2.24, 2.45) is 7.05 Å². The fraction of sp³-hybridized carbons (Fsp3) is 0.381. The monoisotopic (exact) mass is 379 g/mol. The number of nitrogens with one attached hydrogen (secondary N) is 1. The summed E-state index contributed by atoms with van der Waals surface area (Å²) in [5.41, 5.74) is 4.42. The van der Waals surface area contributed by atoms with Crippen LogP contribution in [-0.2, 0) is 36.0 Å². The molecular formula is C21H25N5O2. The Morgan fingerprint density at radius 3 is 2.89 bits per heavy atom. The molecule has 4 rings (SSSR count). The normalized spacial score (nSPS) is 16.0. The molecule has 28 heavy (non-hydrogen) atoms. The first-order valence-electron chi connectivity index (χ1n) is 9.63. The highest BCUT2D eigenvalue weighted by molar-refractivity contribution is 5.76. The summed E-state index contributed by atoms with van der Waals surface area (Å²) in [4.78, 5) is 12.2. The summed E-state index contributed by atoms with van der Waals surface area (Å²) in [5.74, 6) is 0.0169. The Balaban J connectivity index is 1.33. The van der Waals surface area contributed by atoms with E-state index < -0.39 is 0 Å². The van der Waals surface area contributed by atoms with Gasteiger partial charge in [-0.05, 0) is 29.5 Å². The maximum atomic E-state index is 12.2. The lowest BCUT2D eigenvalue weighted by Gasteiger charge is -2.22. The van der Waals surface area contributed by atoms with Crippen LogP contribution in [0.3, 0.4) is 0 Å². The summed E-state index contributed by atoms with van der Waals surface area (Å²) in [6, 6.07) is 10.3. The first kappa shape index (κ1) is 18.4. The summed E-state index contributed by atoms with van der Waals surface area (Å²) in [5, 5.41) is 11.8. The van der Waals surface area contributed by atoms with E-state index in [0.717, 1.165) is 24.2 Å². The van der Waals surface area contributed by atoms with Crippen molar-refractivity contribution in [1.82, 2.24) is 24.9 Å². The van der Waals surface area contributed by atoms with Gasteiger partial charge in [0, 0.05) is 32.4 Å². The van der Waals surface area contributed by atoms with Crippen LogP contribution in [-0.4, -0.2) is 38.6 Å². The predicted octanol–water partition coefficient (Wildman–Crippen LogP) is 2.03. The molecule has 0 fully saturated rings. The maximum Gasteiger partial charge on any atom is 0.220 e. The molecule has 1 N–H and O–H groups in total. The third kappa shape index (κ3) is 4.48. The molecule has 3 heterocycles. The lowest BCUT2D eigenvalue weighted by molar-refractivity contribution is -0.121. The van der Waals surface area contributed by atoms with Gasteiger partial charge in [0.05, 0.1) is 25.0 Å². The van der Waals surface area contributed by atoms with Crippen LogP contribution in [0.15, 0.2) is 48.9 Å². The number of ether oxygens (including phenoxy) is 1. The molecule has 0 radical (unpaired) electrons. The van der Waals surface area contributed by atoms with Gasteiger partial charge in [-0.1, -0.05) is 30.3 Å². The van der Waals surface area contributed by atoms with E-state index in [-0.39, 0.29) is 12.0 Å². The van der Waals surface area contributed by atoms with Crippen LogP contribution < -0.4 is 5.32 Å². The van der Waals surface area contributed by atoms with Gasteiger partial charge < -0.3 is 10.1 Å². The zero-order valence-electron chi connectivity index (χ0n) is 16.0. The van der Waals surface area contributed by atoms with Crippen LogP contribution in [0, 0.1) is 0 Å². The second-order valence-electron chi connectivity index (χ2n) is 7.16. The van der Waals surface area contributed by atoms with E-state index in [1.54, 1.807) is 10.9 Å². The second-order valence-corrected chi connectivity index (χ2v) is 7.16. The second kappa shape index (κ2) is 8.39. The molecular weight excluding hydrogens is 354 g/mol. The summed E-state index contributed by atoms with van der Waals surface area (Å²) in [7, 11) is 1.87. The minimum Gasteiger partial charge on any atom is -0.370 e. The molecule has 0 spiro atoms. The summed E-state index contributed by atoms with van der Waals surface area (Å²) in [6.45, 7) is 1.83. The van der Waals surface area contributed by atoms with E-state index in [4.69, 9.17) is 9.84 Å². The minimum absolute atomic E-state index is 0.0169. The number of carbonyl (C=O) groups is 1. The molecule has 0 unspecified atom stereocenters. The van der Waals surface area contributed by atoms with Crippen LogP contribution >= 0.6 is 0 Å². The Morgan fingerprint density at radius 2 is 2.11 bits per heavy atom. The standard InChI is InChI=1S/C21H25N5O2/c1-25-13-17(11-23-25)7-8-20(27)22-12-19-21-18(9-10-28-19)15-26(24-21)14-16-5-3-2-4-6-16/h2-6,11,13,15,19H,7-10,12,14H2,1H3,(H,22,27)/t19-/m0/s1. The molecule has 1 atom stereocenters. The van der Waals surface area contributed by atoms with Crippen molar-refractivity contribution in [2.75, 3.05) is 13.2 Å². The minimum atomic E-state index is -0.192. The van der Waals surface area contributed by atoms with E-state index >= 15 is 0 Å². The number of hydrogen-bond donors (Lipinski definition) is 1. The number of hydrogen-bond acceptors (Lipinski definition) is 4. The Morgan fingerprint density at radius 1 is 1.25 bits per heavy atom. The molecule has 0 saturated carbocycles. The van der Waals surface area contributed by atoms with Crippen molar-refractivity contribution >= 4 is 5.91 Å². The SMILES string of the molecule is Cn1cc(CCC(=O)NC[C@@H]2OCCc3cn(Cc4ccccc4)nc32)cn1. The van der Waals surface area contributed by atoms with Crippen molar-refractivity contribution < 1.29 is 9.53 Å². The largest absolute Gasteiger partial charge is 0.370 e. The first-order chi connectivity index (χ1) is 13.7. The number of fused-ring (bicyclic) bond motifs is 1. The number of nitrogens with zero attached hydrogens (tertiary/aromatic N) is 4. The van der Waals surface area contributed by atoms with Crippen molar-refractivity contribution in [3.63, 3.8) is 0 Å². The van der Waals surface area contributed by atoms with Gasteiger partial charge in [0.25, 0.3) is 0 Å². The molecule has 1 aliphatic rings. The van der Waals surface area contributed by atoms with E-state index in [2.05, 4.69) is 28.7 Å². The van der Waals surface area contributed by atoms with Crippen LogP contribution in [0.25, 0.3) is 0 Å². The lowest BCUT2D eigenvalue weighted by Crippen LogP contribution is -2.32. The van der Waals surface area contributed by atoms with Gasteiger partial charge in [-0.2, -0.15) is 10.2 Å². The van der Waals surface area contributed by atoms with Gasteiger partial charge in [-0.3, -0.25) is 14.2 Å². The number of carbonyl (C=O) groups excluding carboxylic acids is 1. The van der Waals surface area contributed by atoms with Crippen molar-refractivity contribution in [3.05, 3.63) is 71.3 Å². The average Bonchev–Trinajstić information content (AvgIpc) is 3.31. The zero-order chi connectivity index (χ0) is 19.3. The molecule has 7 heteroatoms. The highest BCUT2D eigenvalue weighted by Crippen LogP contribution is 2.25. The third-order valence-electron chi connectivity index (χ3n) is 4.94. The van der Waals surface area contributed by atoms with Crippen LogP contribution in [0.1, 0.15) is 34.9 Å². The molecule has 1 aromatic carbocycles. The van der Waals surface area contributed by atoms with Gasteiger partial charge in [0.1, 0.15) is 6.10 Å². The zero-order valence-corrected chi connectivity index (χ0v) is 16.0. The van der Waals surface area contributed by atoms with Crippen molar-refractivity contribution in [3.8, 4) is 0 Å². The van der Waals surface area contributed by atoms with E-state index in [1.165, 1.54) is 11.1 Å². The Kier molecular flexibility index (Phi) is 5.53. The molecule has 7 nitrogen and oxygen atoms in total. The van der Waals surface area contributed by atoms with Gasteiger partial charge in [-0.25, -0.2) is 0 Å². The quantitative estimate of drug-likeness (QED) is 0.682. The lowest BCUT2D eigenvalue weighted by atomic mass is 10.1. The number of amides is 1. The van der Waals surface area contributed by atoms with Gasteiger partial charge >= 0.3 is 0 Å². The molecule has 3 aromatic rings. The number of aromatic nitrogens is 4. The molecule has 0 bridgehead atoms.